The van der Waals surface area contributed by atoms with E-state index in [9.17, 15) is 4.79 Å². The first-order valence-electron chi connectivity index (χ1n) is 7.06. The van der Waals surface area contributed by atoms with E-state index in [1.807, 2.05) is 55.5 Å². The zero-order valence-electron chi connectivity index (χ0n) is 12.8. The maximum absolute atomic E-state index is 11.8. The van der Waals surface area contributed by atoms with Crippen LogP contribution in [0.25, 0.3) is 0 Å². The number of carbonyl (C=O) groups excluding carboxylic acids is 1. The fraction of sp³-hybridized carbons (Fsp3) is 0.235. The third-order valence-electron chi connectivity index (χ3n) is 2.99. The van der Waals surface area contributed by atoms with Gasteiger partial charge in [0.05, 0.1) is 13.7 Å². The average Bonchev–Trinajstić information content (AvgIpc) is 2.52. The Hall–Kier alpha value is -2.69. The van der Waals surface area contributed by atoms with Crippen molar-refractivity contribution in [2.75, 3.05) is 25.6 Å². The quantitative estimate of drug-likeness (QED) is 0.805. The summed E-state index contributed by atoms with van der Waals surface area (Å²) < 4.78 is 10.8. The van der Waals surface area contributed by atoms with E-state index in [-0.39, 0.29) is 6.03 Å². The van der Waals surface area contributed by atoms with Gasteiger partial charge in [0.2, 0.25) is 0 Å². The Morgan fingerprint density at radius 2 is 1.86 bits per heavy atom. The highest BCUT2D eigenvalue weighted by molar-refractivity contribution is 5.89. The lowest BCUT2D eigenvalue weighted by atomic mass is 10.2. The van der Waals surface area contributed by atoms with Crippen molar-refractivity contribution >= 4 is 11.7 Å². The molecular weight excluding hydrogens is 280 g/mol. The molecule has 2 N–H and O–H groups in total. The number of ether oxygens (including phenoxy) is 2. The maximum atomic E-state index is 11.8. The van der Waals surface area contributed by atoms with Crippen molar-refractivity contribution in [3.63, 3.8) is 0 Å². The van der Waals surface area contributed by atoms with Crippen molar-refractivity contribution in [1.29, 1.82) is 0 Å². The van der Waals surface area contributed by atoms with E-state index in [2.05, 4.69) is 10.6 Å². The summed E-state index contributed by atoms with van der Waals surface area (Å²) in [5.41, 5.74) is 1.86. The Balaban J connectivity index is 1.73. The summed E-state index contributed by atoms with van der Waals surface area (Å²) in [5, 5.41) is 5.52. The Morgan fingerprint density at radius 1 is 1.09 bits per heavy atom. The first kappa shape index (κ1) is 15.7. The molecule has 0 aliphatic heterocycles. The van der Waals surface area contributed by atoms with Crippen LogP contribution in [0.3, 0.4) is 0 Å². The van der Waals surface area contributed by atoms with Crippen LogP contribution in [0, 0.1) is 6.92 Å². The van der Waals surface area contributed by atoms with Gasteiger partial charge in [0.15, 0.2) is 11.5 Å². The second-order valence-corrected chi connectivity index (χ2v) is 4.75. The summed E-state index contributed by atoms with van der Waals surface area (Å²) in [6, 6.07) is 14.8. The number of nitrogens with one attached hydrogen (secondary N) is 2. The Morgan fingerprint density at radius 3 is 2.59 bits per heavy atom. The van der Waals surface area contributed by atoms with E-state index >= 15 is 0 Å². The molecule has 2 aromatic rings. The number of aryl methyl sites for hydroxylation is 1. The monoisotopic (exact) mass is 300 g/mol. The Kier molecular flexibility index (Phi) is 5.65. The summed E-state index contributed by atoms with van der Waals surface area (Å²) in [5.74, 6) is 1.33. The van der Waals surface area contributed by atoms with E-state index in [0.717, 1.165) is 11.3 Å². The molecule has 5 heteroatoms. The van der Waals surface area contributed by atoms with Gasteiger partial charge in [0, 0.05) is 5.69 Å². The van der Waals surface area contributed by atoms with E-state index in [0.29, 0.717) is 24.7 Å². The maximum Gasteiger partial charge on any atom is 0.319 e. The molecule has 0 atom stereocenters. The second kappa shape index (κ2) is 7.93. The summed E-state index contributed by atoms with van der Waals surface area (Å²) in [6.07, 6.45) is 0. The number of hydrogen-bond acceptors (Lipinski definition) is 3. The lowest BCUT2D eigenvalue weighted by Gasteiger charge is -2.11. The van der Waals surface area contributed by atoms with Gasteiger partial charge in [-0.15, -0.1) is 0 Å². The molecule has 0 aliphatic rings. The molecule has 2 amide bonds. The predicted octanol–water partition coefficient (Wildman–Crippen LogP) is 3.20. The van der Waals surface area contributed by atoms with Crippen LogP contribution in [-0.4, -0.2) is 26.3 Å². The number of benzene rings is 2. The van der Waals surface area contributed by atoms with Gasteiger partial charge in [-0.05, 0) is 36.8 Å². The van der Waals surface area contributed by atoms with Gasteiger partial charge in [-0.3, -0.25) is 0 Å². The third kappa shape index (κ3) is 4.70. The van der Waals surface area contributed by atoms with Crippen LogP contribution in [-0.2, 0) is 0 Å². The minimum absolute atomic E-state index is 0.255. The summed E-state index contributed by atoms with van der Waals surface area (Å²) in [7, 11) is 1.59. The van der Waals surface area contributed by atoms with Gasteiger partial charge >= 0.3 is 6.03 Å². The highest BCUT2D eigenvalue weighted by atomic mass is 16.5. The number of rotatable bonds is 6. The zero-order chi connectivity index (χ0) is 15.8. The van der Waals surface area contributed by atoms with Gasteiger partial charge in [0.25, 0.3) is 0 Å². The molecule has 22 heavy (non-hydrogen) atoms. The molecule has 0 unspecified atom stereocenters. The standard InChI is InChI=1S/C17H20N2O3/c1-13-6-5-7-14(12-13)19-17(20)18-10-11-22-16-9-4-3-8-15(16)21-2/h3-9,12H,10-11H2,1-2H3,(H2,18,19,20). The van der Waals surface area contributed by atoms with Crippen LogP contribution in [0.5, 0.6) is 11.5 Å². The van der Waals surface area contributed by atoms with Crippen LogP contribution in [0.4, 0.5) is 10.5 Å². The van der Waals surface area contributed by atoms with Crippen LogP contribution in [0.1, 0.15) is 5.56 Å². The van der Waals surface area contributed by atoms with Crippen molar-refractivity contribution in [3.8, 4) is 11.5 Å². The van der Waals surface area contributed by atoms with Gasteiger partial charge < -0.3 is 20.1 Å². The molecule has 0 heterocycles. The number of methoxy groups -OCH3 is 1. The van der Waals surface area contributed by atoms with Crippen molar-refractivity contribution in [1.82, 2.24) is 5.32 Å². The number of hydrogen-bond donors (Lipinski definition) is 2. The summed E-state index contributed by atoms with van der Waals surface area (Å²) >= 11 is 0. The van der Waals surface area contributed by atoms with E-state index in [1.54, 1.807) is 7.11 Å². The fourth-order valence-corrected chi connectivity index (χ4v) is 1.96. The number of anilines is 1. The molecule has 5 nitrogen and oxygen atoms in total. The van der Waals surface area contributed by atoms with Crippen molar-refractivity contribution in [2.45, 2.75) is 6.92 Å². The van der Waals surface area contributed by atoms with Gasteiger partial charge in [-0.2, -0.15) is 0 Å². The fourth-order valence-electron chi connectivity index (χ4n) is 1.96. The smallest absolute Gasteiger partial charge is 0.319 e. The largest absolute Gasteiger partial charge is 0.493 e. The molecule has 2 rings (SSSR count). The lowest BCUT2D eigenvalue weighted by molar-refractivity contribution is 0.246. The van der Waals surface area contributed by atoms with Crippen LogP contribution in [0.2, 0.25) is 0 Å². The molecule has 116 valence electrons. The molecule has 0 radical (unpaired) electrons. The first-order valence-corrected chi connectivity index (χ1v) is 7.06. The minimum atomic E-state index is -0.255. The summed E-state index contributed by atoms with van der Waals surface area (Å²) in [6.45, 7) is 2.74. The van der Waals surface area contributed by atoms with Gasteiger partial charge in [-0.25, -0.2) is 4.79 Å². The average molecular weight is 300 g/mol. The Labute approximate surface area is 130 Å². The zero-order valence-corrected chi connectivity index (χ0v) is 12.8. The molecule has 2 aromatic carbocycles. The van der Waals surface area contributed by atoms with Gasteiger partial charge in [-0.1, -0.05) is 24.3 Å². The number of para-hydroxylation sites is 2. The molecule has 0 bridgehead atoms. The number of amides is 2. The normalized spacial score (nSPS) is 9.91. The van der Waals surface area contributed by atoms with E-state index in [4.69, 9.17) is 9.47 Å². The summed E-state index contributed by atoms with van der Waals surface area (Å²) in [4.78, 5) is 11.8. The molecule has 0 saturated heterocycles. The van der Waals surface area contributed by atoms with Crippen LogP contribution >= 0.6 is 0 Å². The molecule has 0 saturated carbocycles. The second-order valence-electron chi connectivity index (χ2n) is 4.75. The van der Waals surface area contributed by atoms with E-state index < -0.39 is 0 Å². The minimum Gasteiger partial charge on any atom is -0.493 e. The topological polar surface area (TPSA) is 59.6 Å². The molecule has 0 aliphatic carbocycles. The third-order valence-corrected chi connectivity index (χ3v) is 2.99. The van der Waals surface area contributed by atoms with Crippen molar-refractivity contribution in [2.24, 2.45) is 0 Å². The van der Waals surface area contributed by atoms with Gasteiger partial charge in [0.1, 0.15) is 6.61 Å². The van der Waals surface area contributed by atoms with Crippen LogP contribution in [0.15, 0.2) is 48.5 Å². The number of urea groups is 1. The number of carbonyl (C=O) groups is 1. The highest BCUT2D eigenvalue weighted by Crippen LogP contribution is 2.25. The highest BCUT2D eigenvalue weighted by Gasteiger charge is 2.04. The SMILES string of the molecule is COc1ccccc1OCCNC(=O)Nc1cccc(C)c1. The van der Waals surface area contributed by atoms with E-state index in [1.165, 1.54) is 0 Å². The van der Waals surface area contributed by atoms with Crippen LogP contribution < -0.4 is 20.1 Å². The lowest BCUT2D eigenvalue weighted by Crippen LogP contribution is -2.32. The first-order chi connectivity index (χ1) is 10.7. The van der Waals surface area contributed by atoms with Crippen molar-refractivity contribution in [3.05, 3.63) is 54.1 Å². The van der Waals surface area contributed by atoms with Crippen molar-refractivity contribution < 1.29 is 14.3 Å². The predicted molar refractivity (Wildman–Crippen MR) is 86.7 cm³/mol. The molecular formula is C17H20N2O3. The Bertz CT molecular complexity index is 629. The molecule has 0 spiro atoms. The molecule has 0 aromatic heterocycles. The molecule has 0 fully saturated rings.